The van der Waals surface area contributed by atoms with Gasteiger partial charge in [0.1, 0.15) is 6.10 Å². The lowest BCUT2D eigenvalue weighted by atomic mass is 9.39. The second-order valence-corrected chi connectivity index (χ2v) is 7.43. The Hall–Kier alpha value is -2.17. The van der Waals surface area contributed by atoms with Gasteiger partial charge in [0.2, 0.25) is 0 Å². The van der Waals surface area contributed by atoms with E-state index in [1.165, 1.54) is 43.5 Å². The van der Waals surface area contributed by atoms with Gasteiger partial charge in [-0.25, -0.2) is 4.79 Å². The van der Waals surface area contributed by atoms with E-state index in [1.54, 1.807) is 0 Å². The Kier molecular flexibility index (Phi) is 3.48. The number of esters is 1. The third-order valence-corrected chi connectivity index (χ3v) is 6.50. The van der Waals surface area contributed by atoms with Gasteiger partial charge in [0.25, 0.3) is 5.69 Å². The van der Waals surface area contributed by atoms with Crippen molar-refractivity contribution in [3.05, 3.63) is 52.1 Å². The second-order valence-electron chi connectivity index (χ2n) is 7.43. The minimum atomic E-state index is -0.468. The summed E-state index contributed by atoms with van der Waals surface area (Å²) < 4.78 is 5.85. The Morgan fingerprint density at radius 2 is 1.83 bits per heavy atom. The minimum absolute atomic E-state index is 0.0162. The number of carbonyl (C=O) groups is 1. The predicted molar refractivity (Wildman–Crippen MR) is 88.6 cm³/mol. The molecule has 2 saturated carbocycles. The topological polar surface area (TPSA) is 69.4 Å². The number of carbonyl (C=O) groups excluding carboxylic acids is 1. The molecule has 0 aliphatic heterocycles. The molecule has 3 unspecified atom stereocenters. The molecule has 1 aromatic rings. The van der Waals surface area contributed by atoms with Crippen molar-refractivity contribution in [3.8, 4) is 0 Å². The summed E-state index contributed by atoms with van der Waals surface area (Å²) in [5.41, 5.74) is 0.825. The molecule has 3 aliphatic carbocycles. The molecule has 0 radical (unpaired) electrons. The fourth-order valence-corrected chi connectivity index (χ4v) is 5.16. The first-order chi connectivity index (χ1) is 11.6. The average molecular weight is 327 g/mol. The molecule has 1 aromatic carbocycles. The van der Waals surface area contributed by atoms with Gasteiger partial charge in [0, 0.05) is 17.5 Å². The highest BCUT2D eigenvalue weighted by molar-refractivity contribution is 5.89. The van der Waals surface area contributed by atoms with Gasteiger partial charge in [0.15, 0.2) is 0 Å². The number of nitrogens with zero attached hydrogens (tertiary/aromatic N) is 1. The lowest BCUT2D eigenvalue weighted by Crippen LogP contribution is -2.64. The van der Waals surface area contributed by atoms with Crippen molar-refractivity contribution in [3.63, 3.8) is 0 Å². The Bertz CT molecular complexity index is 711. The maximum atomic E-state index is 12.5. The van der Waals surface area contributed by atoms with Gasteiger partial charge in [-0.1, -0.05) is 25.0 Å². The number of non-ortho nitro benzene ring substituents is 1. The third-order valence-electron chi connectivity index (χ3n) is 6.50. The van der Waals surface area contributed by atoms with Crippen molar-refractivity contribution in [2.24, 2.45) is 10.8 Å². The lowest BCUT2D eigenvalue weighted by Gasteiger charge is -2.67. The molecular formula is C19H21NO4. The van der Waals surface area contributed by atoms with E-state index in [9.17, 15) is 14.9 Å². The molecular weight excluding hydrogens is 306 g/mol. The monoisotopic (exact) mass is 327 g/mol. The van der Waals surface area contributed by atoms with Gasteiger partial charge in [-0.3, -0.25) is 10.1 Å². The number of rotatable bonds is 3. The van der Waals surface area contributed by atoms with Gasteiger partial charge in [0.05, 0.1) is 10.5 Å². The van der Waals surface area contributed by atoms with Crippen LogP contribution in [0.2, 0.25) is 0 Å². The number of hydrogen-bond donors (Lipinski definition) is 0. The summed E-state index contributed by atoms with van der Waals surface area (Å²) in [6.45, 7) is 0. The van der Waals surface area contributed by atoms with Crippen molar-refractivity contribution in [1.29, 1.82) is 0 Å². The molecule has 5 nitrogen and oxygen atoms in total. The first-order valence-electron chi connectivity index (χ1n) is 8.67. The maximum absolute atomic E-state index is 12.5. The Morgan fingerprint density at radius 1 is 1.12 bits per heavy atom. The van der Waals surface area contributed by atoms with E-state index in [0.29, 0.717) is 11.0 Å². The minimum Gasteiger partial charge on any atom is -0.458 e. The molecule has 0 aromatic heterocycles. The van der Waals surface area contributed by atoms with E-state index < -0.39 is 4.92 Å². The van der Waals surface area contributed by atoms with Crippen LogP contribution in [0.15, 0.2) is 36.4 Å². The molecule has 0 bridgehead atoms. The molecule has 24 heavy (non-hydrogen) atoms. The molecule has 2 fully saturated rings. The van der Waals surface area contributed by atoms with Crippen molar-refractivity contribution in [2.45, 2.75) is 51.0 Å². The standard InChI is InChI=1S/C19H21NO4/c21-17(14-5-7-15(8-6-14)20(22)23)24-16-13-18-9-1-3-11-19(16,18)12-4-2-10-18/h1,3,5-8,16H,2,4,9-13H2. The predicted octanol–water partition coefficient (Wildman–Crippen LogP) is 4.42. The normalized spacial score (nSPS) is 33.8. The van der Waals surface area contributed by atoms with Crippen LogP contribution >= 0.6 is 0 Å². The van der Waals surface area contributed by atoms with Crippen LogP contribution in [-0.2, 0) is 4.74 Å². The number of allylic oxidation sites excluding steroid dienone is 2. The van der Waals surface area contributed by atoms with Crippen molar-refractivity contribution >= 4 is 11.7 Å². The lowest BCUT2D eigenvalue weighted by molar-refractivity contribution is -0.384. The zero-order chi connectivity index (χ0) is 16.8. The van der Waals surface area contributed by atoms with Crippen molar-refractivity contribution < 1.29 is 14.5 Å². The van der Waals surface area contributed by atoms with Crippen molar-refractivity contribution in [1.82, 2.24) is 0 Å². The van der Waals surface area contributed by atoms with Crippen molar-refractivity contribution in [2.75, 3.05) is 0 Å². The van der Waals surface area contributed by atoms with E-state index in [1.807, 2.05) is 0 Å². The van der Waals surface area contributed by atoms with Gasteiger partial charge >= 0.3 is 5.97 Å². The van der Waals surface area contributed by atoms with Crippen LogP contribution in [0.25, 0.3) is 0 Å². The first-order valence-corrected chi connectivity index (χ1v) is 8.67. The molecule has 0 amide bonds. The summed E-state index contributed by atoms with van der Waals surface area (Å²) in [5.74, 6) is -0.363. The van der Waals surface area contributed by atoms with Crippen LogP contribution in [0.4, 0.5) is 5.69 Å². The summed E-state index contributed by atoms with van der Waals surface area (Å²) >= 11 is 0. The number of benzene rings is 1. The Labute approximate surface area is 140 Å². The summed E-state index contributed by atoms with van der Waals surface area (Å²) in [5, 5.41) is 10.7. The van der Waals surface area contributed by atoms with E-state index in [4.69, 9.17) is 4.74 Å². The van der Waals surface area contributed by atoms with Crippen LogP contribution in [-0.4, -0.2) is 17.0 Å². The van der Waals surface area contributed by atoms with Crippen LogP contribution in [0.5, 0.6) is 0 Å². The summed E-state index contributed by atoms with van der Waals surface area (Å²) in [7, 11) is 0. The van der Waals surface area contributed by atoms with Crippen LogP contribution in [0, 0.1) is 20.9 Å². The highest BCUT2D eigenvalue weighted by atomic mass is 16.6. The average Bonchev–Trinajstić information content (AvgIpc) is 2.59. The van der Waals surface area contributed by atoms with E-state index in [-0.39, 0.29) is 23.2 Å². The van der Waals surface area contributed by atoms with E-state index in [0.717, 1.165) is 25.7 Å². The Balaban J connectivity index is 1.50. The fraction of sp³-hybridized carbons (Fsp3) is 0.526. The van der Waals surface area contributed by atoms with Gasteiger partial charge in [-0.15, -0.1) is 0 Å². The van der Waals surface area contributed by atoms with Gasteiger partial charge in [-0.2, -0.15) is 0 Å². The largest absolute Gasteiger partial charge is 0.458 e. The van der Waals surface area contributed by atoms with Crippen LogP contribution < -0.4 is 0 Å². The quantitative estimate of drug-likeness (QED) is 0.356. The van der Waals surface area contributed by atoms with E-state index in [2.05, 4.69) is 12.2 Å². The highest BCUT2D eigenvalue weighted by Gasteiger charge is 2.66. The molecule has 0 saturated heterocycles. The smallest absolute Gasteiger partial charge is 0.338 e. The summed E-state index contributed by atoms with van der Waals surface area (Å²) in [6.07, 6.45) is 12.4. The second kappa shape index (κ2) is 5.43. The van der Waals surface area contributed by atoms with E-state index >= 15 is 0 Å². The summed E-state index contributed by atoms with van der Waals surface area (Å²) in [4.78, 5) is 22.7. The maximum Gasteiger partial charge on any atom is 0.338 e. The van der Waals surface area contributed by atoms with Crippen LogP contribution in [0.1, 0.15) is 55.3 Å². The molecule has 4 rings (SSSR count). The number of nitro groups is 1. The Morgan fingerprint density at radius 3 is 2.58 bits per heavy atom. The third kappa shape index (κ3) is 2.10. The molecule has 3 aliphatic rings. The molecule has 5 heteroatoms. The van der Waals surface area contributed by atoms with Crippen LogP contribution in [0.3, 0.4) is 0 Å². The highest BCUT2D eigenvalue weighted by Crippen LogP contribution is 2.70. The number of nitro benzene ring substituents is 1. The molecule has 3 atom stereocenters. The zero-order valence-corrected chi connectivity index (χ0v) is 13.6. The molecule has 126 valence electrons. The zero-order valence-electron chi connectivity index (χ0n) is 13.6. The first kappa shape index (κ1) is 15.4. The molecule has 0 heterocycles. The molecule has 0 spiro atoms. The van der Waals surface area contributed by atoms with Gasteiger partial charge < -0.3 is 4.74 Å². The fourth-order valence-electron chi connectivity index (χ4n) is 5.16. The SMILES string of the molecule is O=C(OC1CC23CC=CCC12CCCC3)c1ccc([N+](=O)[O-])cc1. The van der Waals surface area contributed by atoms with Gasteiger partial charge in [-0.05, 0) is 49.7 Å². The number of hydrogen-bond acceptors (Lipinski definition) is 4. The summed E-state index contributed by atoms with van der Waals surface area (Å²) in [6, 6.07) is 5.66. The molecule has 0 N–H and O–H groups in total. The number of ether oxygens (including phenoxy) is 1.